The van der Waals surface area contributed by atoms with Crippen LogP contribution in [-0.2, 0) is 15.4 Å². The van der Waals surface area contributed by atoms with E-state index in [-0.39, 0.29) is 10.4 Å². The minimum absolute atomic E-state index is 0.253. The lowest BCUT2D eigenvalue weighted by molar-refractivity contribution is 0.154. The second-order valence-electron chi connectivity index (χ2n) is 8.11. The van der Waals surface area contributed by atoms with Crippen molar-refractivity contribution in [1.82, 2.24) is 14.5 Å². The molecule has 1 spiro atoms. The summed E-state index contributed by atoms with van der Waals surface area (Å²) in [5.74, 6) is 0.415. The fourth-order valence-electron chi connectivity index (χ4n) is 4.50. The first kappa shape index (κ1) is 19.2. The molecule has 0 amide bonds. The van der Waals surface area contributed by atoms with Crippen LogP contribution in [0, 0.1) is 0 Å². The molecule has 156 valence electrons. The van der Waals surface area contributed by atoms with Crippen molar-refractivity contribution in [3.63, 3.8) is 0 Å². The van der Waals surface area contributed by atoms with Gasteiger partial charge in [-0.1, -0.05) is 19.3 Å². The highest BCUT2D eigenvalue weighted by Gasteiger charge is 2.39. The summed E-state index contributed by atoms with van der Waals surface area (Å²) in [6, 6.07) is 8.41. The average molecular weight is 426 g/mol. The maximum Gasteiger partial charge on any atom is 0.229 e. The van der Waals surface area contributed by atoms with Crippen molar-refractivity contribution < 1.29 is 13.5 Å². The molecule has 1 saturated carbocycles. The topological polar surface area (TPSA) is 109 Å². The van der Waals surface area contributed by atoms with Gasteiger partial charge in [0.1, 0.15) is 5.65 Å². The number of benzene rings is 1. The van der Waals surface area contributed by atoms with E-state index < -0.39 is 16.1 Å². The molecule has 2 aliphatic rings. The van der Waals surface area contributed by atoms with Gasteiger partial charge in [-0.3, -0.25) is 4.99 Å². The van der Waals surface area contributed by atoms with Gasteiger partial charge in [0.25, 0.3) is 0 Å². The van der Waals surface area contributed by atoms with Gasteiger partial charge in [-0.25, -0.2) is 13.4 Å². The summed E-state index contributed by atoms with van der Waals surface area (Å²) in [7, 11) is -3.24. The quantitative estimate of drug-likeness (QED) is 0.666. The summed E-state index contributed by atoms with van der Waals surface area (Å²) in [6.07, 6.45) is 9.31. The maximum atomic E-state index is 11.7. The third-order valence-corrected chi connectivity index (χ3v) is 7.12. The molecule has 0 bridgehead atoms. The van der Waals surface area contributed by atoms with Crippen LogP contribution in [0.15, 0.2) is 46.4 Å². The van der Waals surface area contributed by atoms with Crippen molar-refractivity contribution in [2.75, 3.05) is 11.6 Å². The lowest BCUT2D eigenvalue weighted by Gasteiger charge is -2.40. The maximum absolute atomic E-state index is 11.7. The highest BCUT2D eigenvalue weighted by molar-refractivity contribution is 7.90. The number of hydrogen-bond donors (Lipinski definition) is 2. The third-order valence-electron chi connectivity index (χ3n) is 5.99. The highest BCUT2D eigenvalue weighted by atomic mass is 32.2. The van der Waals surface area contributed by atoms with Crippen LogP contribution in [0.25, 0.3) is 11.0 Å². The molecule has 1 atom stereocenters. The standard InChI is InChI=1S/C21H23N5O3S/c1-30(28,29)16-7-5-15(6-8-16)24-20-22-12-14-11-17-19(27)23-13-21(9-3-2-4-10-21)26(17)18(14)25-20/h5-8,11-13,19,27H,2-4,9-10H2,1H3,(H,22,24,25). The Morgan fingerprint density at radius 3 is 2.60 bits per heavy atom. The van der Waals surface area contributed by atoms with Crippen molar-refractivity contribution in [3.05, 3.63) is 42.2 Å². The fraction of sp³-hybridized carbons (Fsp3) is 0.381. The van der Waals surface area contributed by atoms with Gasteiger partial charge in [0, 0.05) is 29.7 Å². The Labute approximate surface area is 174 Å². The van der Waals surface area contributed by atoms with E-state index in [1.54, 1.807) is 30.5 Å². The van der Waals surface area contributed by atoms with Crippen molar-refractivity contribution in [3.8, 4) is 0 Å². The van der Waals surface area contributed by atoms with Crippen LogP contribution in [0.4, 0.5) is 11.6 Å². The van der Waals surface area contributed by atoms with Crippen molar-refractivity contribution in [2.24, 2.45) is 4.99 Å². The fourth-order valence-corrected chi connectivity index (χ4v) is 5.13. The second kappa shape index (κ2) is 6.88. The molecule has 1 unspecified atom stereocenters. The predicted octanol–water partition coefficient (Wildman–Crippen LogP) is 3.31. The van der Waals surface area contributed by atoms with Gasteiger partial charge in [-0.2, -0.15) is 4.98 Å². The molecular weight excluding hydrogens is 402 g/mol. The Morgan fingerprint density at radius 2 is 1.90 bits per heavy atom. The molecule has 3 heterocycles. The number of sulfone groups is 1. The Morgan fingerprint density at radius 1 is 1.17 bits per heavy atom. The summed E-state index contributed by atoms with van der Waals surface area (Å²) < 4.78 is 25.4. The first-order valence-corrected chi connectivity index (χ1v) is 11.9. The summed E-state index contributed by atoms with van der Waals surface area (Å²) in [5, 5.41) is 14.4. The molecule has 30 heavy (non-hydrogen) atoms. The van der Waals surface area contributed by atoms with E-state index in [0.29, 0.717) is 11.6 Å². The number of hydrogen-bond acceptors (Lipinski definition) is 7. The van der Waals surface area contributed by atoms with Crippen LogP contribution in [0.5, 0.6) is 0 Å². The van der Waals surface area contributed by atoms with E-state index in [1.165, 1.54) is 12.7 Å². The molecule has 0 saturated heterocycles. The SMILES string of the molecule is CS(=O)(=O)c1ccc(Nc2ncc3cc4n(c3n2)C2(C=NC4O)CCCCC2)cc1. The number of anilines is 2. The van der Waals surface area contributed by atoms with Crippen molar-refractivity contribution in [1.29, 1.82) is 0 Å². The van der Waals surface area contributed by atoms with Crippen LogP contribution < -0.4 is 5.32 Å². The first-order chi connectivity index (χ1) is 14.4. The number of rotatable bonds is 3. The molecule has 9 heteroatoms. The Hall–Kier alpha value is -2.78. The molecule has 3 aromatic rings. The lowest BCUT2D eigenvalue weighted by Crippen LogP contribution is -2.41. The number of aliphatic hydroxyl groups excluding tert-OH is 1. The molecule has 1 aliphatic carbocycles. The van der Waals surface area contributed by atoms with E-state index >= 15 is 0 Å². The largest absolute Gasteiger partial charge is 0.367 e. The van der Waals surface area contributed by atoms with E-state index in [2.05, 4.69) is 19.9 Å². The summed E-state index contributed by atoms with van der Waals surface area (Å²) in [5.41, 5.74) is 1.96. The van der Waals surface area contributed by atoms with Gasteiger partial charge in [0.2, 0.25) is 5.95 Å². The van der Waals surface area contributed by atoms with Gasteiger partial charge in [-0.05, 0) is 43.2 Å². The normalized spacial score (nSPS) is 20.4. The van der Waals surface area contributed by atoms with Gasteiger partial charge >= 0.3 is 0 Å². The Balaban J connectivity index is 1.54. The van der Waals surface area contributed by atoms with Crippen LogP contribution in [0.1, 0.15) is 44.0 Å². The number of aliphatic hydroxyl groups is 1. The highest BCUT2D eigenvalue weighted by Crippen LogP contribution is 2.42. The van der Waals surface area contributed by atoms with Crippen LogP contribution in [0.2, 0.25) is 0 Å². The van der Waals surface area contributed by atoms with Crippen molar-refractivity contribution >= 4 is 38.7 Å². The van der Waals surface area contributed by atoms with Gasteiger partial charge in [-0.15, -0.1) is 0 Å². The van der Waals surface area contributed by atoms with E-state index in [4.69, 9.17) is 4.98 Å². The number of aliphatic imine (C=N–C) groups is 1. The summed E-state index contributed by atoms with van der Waals surface area (Å²) in [6.45, 7) is 0. The van der Waals surface area contributed by atoms with Gasteiger partial charge in [0.05, 0.1) is 16.1 Å². The number of nitrogens with zero attached hydrogens (tertiary/aromatic N) is 4. The van der Waals surface area contributed by atoms with Crippen LogP contribution in [-0.4, -0.2) is 40.5 Å². The zero-order chi connectivity index (χ0) is 20.9. The summed E-state index contributed by atoms with van der Waals surface area (Å²) in [4.78, 5) is 13.8. The zero-order valence-corrected chi connectivity index (χ0v) is 17.4. The van der Waals surface area contributed by atoms with Crippen molar-refractivity contribution in [2.45, 2.75) is 48.8 Å². The number of nitrogens with one attached hydrogen (secondary N) is 1. The first-order valence-electron chi connectivity index (χ1n) is 10.0. The van der Waals surface area contributed by atoms with E-state index in [0.717, 1.165) is 42.4 Å². The second-order valence-corrected chi connectivity index (χ2v) is 10.1. The van der Waals surface area contributed by atoms with Crippen LogP contribution >= 0.6 is 0 Å². The van der Waals surface area contributed by atoms with Crippen LogP contribution in [0.3, 0.4) is 0 Å². The molecule has 1 aliphatic heterocycles. The average Bonchev–Trinajstić information content (AvgIpc) is 3.12. The molecule has 2 N–H and O–H groups in total. The Bertz CT molecular complexity index is 1240. The Kier molecular flexibility index (Phi) is 4.41. The molecule has 1 aromatic carbocycles. The number of fused-ring (bicyclic) bond motifs is 4. The predicted molar refractivity (Wildman–Crippen MR) is 115 cm³/mol. The van der Waals surface area contributed by atoms with Gasteiger partial charge in [0.15, 0.2) is 16.1 Å². The minimum atomic E-state index is -3.24. The molecule has 1 fully saturated rings. The smallest absolute Gasteiger partial charge is 0.229 e. The monoisotopic (exact) mass is 425 g/mol. The zero-order valence-electron chi connectivity index (χ0n) is 16.6. The van der Waals surface area contributed by atoms with E-state index in [1.807, 2.05) is 12.3 Å². The molecular formula is C21H23N5O3S. The van der Waals surface area contributed by atoms with Gasteiger partial charge < -0.3 is 15.0 Å². The summed E-state index contributed by atoms with van der Waals surface area (Å²) >= 11 is 0. The third kappa shape index (κ3) is 3.18. The minimum Gasteiger partial charge on any atom is -0.367 e. The molecule has 2 aromatic heterocycles. The number of aromatic nitrogens is 3. The van der Waals surface area contributed by atoms with E-state index in [9.17, 15) is 13.5 Å². The molecule has 0 radical (unpaired) electrons. The molecule has 5 rings (SSSR count). The molecule has 8 nitrogen and oxygen atoms in total. The lowest BCUT2D eigenvalue weighted by atomic mass is 9.81.